The number of thioether (sulfide) groups is 2. The van der Waals surface area contributed by atoms with Gasteiger partial charge in [0.15, 0.2) is 6.29 Å². The van der Waals surface area contributed by atoms with Gasteiger partial charge in [-0.3, -0.25) is 19.8 Å². The van der Waals surface area contributed by atoms with Crippen LogP contribution >= 0.6 is 36.2 Å². The summed E-state index contributed by atoms with van der Waals surface area (Å²) < 4.78 is 0. The molecule has 24 heavy (non-hydrogen) atoms. The van der Waals surface area contributed by atoms with E-state index in [1.165, 1.54) is 12.1 Å². The monoisotopic (exact) mass is 388 g/mol. The molecule has 1 aromatic rings. The van der Waals surface area contributed by atoms with Crippen LogP contribution in [0.1, 0.15) is 29.8 Å². The highest BCUT2D eigenvalue weighted by molar-refractivity contribution is 7.99. The Balaban J connectivity index is 2.94. The molecule has 0 saturated carbocycles. The molecule has 0 radical (unpaired) electrons. The number of nitro groups is 1. The molecule has 0 amide bonds. The first-order valence-corrected chi connectivity index (χ1v) is 10.6. The van der Waals surface area contributed by atoms with Crippen molar-refractivity contribution in [2.45, 2.75) is 25.3 Å². The van der Waals surface area contributed by atoms with Crippen molar-refractivity contribution in [3.05, 3.63) is 33.4 Å². The quantitative estimate of drug-likeness (QED) is 0.192. The molecule has 0 bridgehead atoms. The van der Waals surface area contributed by atoms with Crippen molar-refractivity contribution in [2.75, 3.05) is 36.1 Å². The Morgan fingerprint density at radius 3 is 2.25 bits per heavy atom. The van der Waals surface area contributed by atoms with Gasteiger partial charge in [0.05, 0.1) is 4.92 Å². The number of non-ortho nitro benzene ring substituents is 1. The lowest BCUT2D eigenvalue weighted by atomic mass is 10.1. The largest absolute Gasteiger partial charge is 0.298 e. The lowest BCUT2D eigenvalue weighted by molar-refractivity contribution is -0.385. The van der Waals surface area contributed by atoms with E-state index in [-0.39, 0.29) is 11.3 Å². The average molecular weight is 389 g/mol. The van der Waals surface area contributed by atoms with E-state index in [4.69, 9.17) is 0 Å². The van der Waals surface area contributed by atoms with Crippen LogP contribution in [-0.4, -0.2) is 52.2 Å². The molecule has 0 fully saturated rings. The third-order valence-electron chi connectivity index (χ3n) is 3.45. The Hall–Kier alpha value is -0.700. The molecule has 0 spiro atoms. The first kappa shape index (κ1) is 21.3. The number of nitro benzene ring substituents is 1. The Morgan fingerprint density at radius 2 is 1.79 bits per heavy atom. The minimum Gasteiger partial charge on any atom is -0.298 e. The highest BCUT2D eigenvalue weighted by Gasteiger charge is 2.16. The SMILES string of the molecule is CCSCCN(CCSCC)Cc1cc([N+](=O)[O-])cc(C=O)c1S. The molecule has 0 heterocycles. The Kier molecular flexibility index (Phi) is 10.5. The number of hydrogen-bond donors (Lipinski definition) is 1. The molecule has 0 aliphatic heterocycles. The molecule has 0 aliphatic carbocycles. The zero-order chi connectivity index (χ0) is 17.9. The van der Waals surface area contributed by atoms with Gasteiger partial charge >= 0.3 is 0 Å². The van der Waals surface area contributed by atoms with Gasteiger partial charge in [-0.05, 0) is 17.1 Å². The van der Waals surface area contributed by atoms with Gasteiger partial charge < -0.3 is 0 Å². The van der Waals surface area contributed by atoms with E-state index in [2.05, 4.69) is 31.4 Å². The number of carbonyl (C=O) groups excluding carboxylic acids is 1. The van der Waals surface area contributed by atoms with Gasteiger partial charge in [0.1, 0.15) is 0 Å². The Morgan fingerprint density at radius 1 is 1.21 bits per heavy atom. The van der Waals surface area contributed by atoms with E-state index in [1.54, 1.807) is 0 Å². The summed E-state index contributed by atoms with van der Waals surface area (Å²) in [5.74, 6) is 4.18. The molecule has 0 aromatic heterocycles. The van der Waals surface area contributed by atoms with Crippen LogP contribution in [0.15, 0.2) is 17.0 Å². The minimum absolute atomic E-state index is 0.0595. The molecular formula is C16H24N2O3S3. The van der Waals surface area contributed by atoms with Gasteiger partial charge in [0.25, 0.3) is 5.69 Å². The van der Waals surface area contributed by atoms with Crippen molar-refractivity contribution in [1.82, 2.24) is 4.90 Å². The second-order valence-electron chi connectivity index (χ2n) is 5.09. The average Bonchev–Trinajstić information content (AvgIpc) is 2.56. The zero-order valence-electron chi connectivity index (χ0n) is 14.1. The number of rotatable bonds is 12. The number of carbonyl (C=O) groups is 1. The number of aldehydes is 1. The number of hydrogen-bond acceptors (Lipinski definition) is 7. The minimum atomic E-state index is -0.464. The predicted octanol–water partition coefficient (Wildman–Crippen LogP) is 4.00. The summed E-state index contributed by atoms with van der Waals surface area (Å²) in [5.41, 5.74) is 0.946. The van der Waals surface area contributed by atoms with Gasteiger partial charge in [-0.1, -0.05) is 13.8 Å². The van der Waals surface area contributed by atoms with Gasteiger partial charge in [-0.15, -0.1) is 12.6 Å². The predicted molar refractivity (Wildman–Crippen MR) is 107 cm³/mol. The summed E-state index contributed by atoms with van der Waals surface area (Å²) >= 11 is 8.16. The summed E-state index contributed by atoms with van der Waals surface area (Å²) in [6, 6.07) is 2.81. The molecule has 8 heteroatoms. The smallest absolute Gasteiger partial charge is 0.270 e. The molecule has 1 aromatic carbocycles. The Labute approximate surface area is 157 Å². The zero-order valence-corrected chi connectivity index (χ0v) is 16.6. The van der Waals surface area contributed by atoms with Crippen LogP contribution in [0.4, 0.5) is 5.69 Å². The van der Waals surface area contributed by atoms with E-state index >= 15 is 0 Å². The van der Waals surface area contributed by atoms with Gasteiger partial charge in [-0.2, -0.15) is 23.5 Å². The molecule has 0 saturated heterocycles. The summed E-state index contributed by atoms with van der Waals surface area (Å²) in [6.45, 7) is 6.65. The van der Waals surface area contributed by atoms with Crippen molar-refractivity contribution >= 4 is 48.1 Å². The molecule has 134 valence electrons. The fourth-order valence-electron chi connectivity index (χ4n) is 2.20. The number of thiol groups is 1. The third kappa shape index (κ3) is 7.04. The van der Waals surface area contributed by atoms with E-state index in [0.29, 0.717) is 17.7 Å². The molecular weight excluding hydrogens is 364 g/mol. The highest BCUT2D eigenvalue weighted by Crippen LogP contribution is 2.26. The summed E-state index contributed by atoms with van der Waals surface area (Å²) in [6.07, 6.45) is 0.628. The van der Waals surface area contributed by atoms with E-state index in [9.17, 15) is 14.9 Å². The maximum Gasteiger partial charge on any atom is 0.270 e. The molecule has 0 unspecified atom stereocenters. The summed E-state index contributed by atoms with van der Waals surface area (Å²) in [7, 11) is 0. The van der Waals surface area contributed by atoms with Crippen molar-refractivity contribution in [2.24, 2.45) is 0 Å². The fraction of sp³-hybridized carbons (Fsp3) is 0.562. The van der Waals surface area contributed by atoms with E-state index < -0.39 is 4.92 Å². The van der Waals surface area contributed by atoms with Gasteiger partial charge in [-0.25, -0.2) is 0 Å². The van der Waals surface area contributed by atoms with Crippen LogP contribution in [0.25, 0.3) is 0 Å². The van der Waals surface area contributed by atoms with Crippen LogP contribution < -0.4 is 0 Å². The van der Waals surface area contributed by atoms with Gasteiger partial charge in [0.2, 0.25) is 0 Å². The first-order valence-electron chi connectivity index (χ1n) is 7.86. The number of nitrogens with zero attached hydrogens (tertiary/aromatic N) is 2. The van der Waals surface area contributed by atoms with Gasteiger partial charge in [0, 0.05) is 53.7 Å². The second-order valence-corrected chi connectivity index (χ2v) is 8.32. The molecule has 1 rings (SSSR count). The number of benzene rings is 1. The highest BCUT2D eigenvalue weighted by atomic mass is 32.2. The van der Waals surface area contributed by atoms with E-state index in [1.807, 2.05) is 23.5 Å². The van der Waals surface area contributed by atoms with Crippen LogP contribution in [0.3, 0.4) is 0 Å². The van der Waals surface area contributed by atoms with Crippen molar-refractivity contribution < 1.29 is 9.72 Å². The third-order valence-corrected chi connectivity index (χ3v) is 5.75. The van der Waals surface area contributed by atoms with Crippen molar-refractivity contribution in [3.8, 4) is 0 Å². The maximum absolute atomic E-state index is 11.2. The van der Waals surface area contributed by atoms with Crippen LogP contribution in [0.5, 0.6) is 0 Å². The molecule has 5 nitrogen and oxygen atoms in total. The summed E-state index contributed by atoms with van der Waals surface area (Å²) in [5, 5.41) is 11.1. The standard InChI is InChI=1S/C16H24N2O3S3/c1-3-23-7-5-17(6-8-24-4-2)11-13-9-15(18(20)21)10-14(12-19)16(13)22/h9-10,12,22H,3-8,11H2,1-2H3. The topological polar surface area (TPSA) is 63.4 Å². The second kappa shape index (κ2) is 11.8. The maximum atomic E-state index is 11.2. The van der Waals surface area contributed by atoms with Crippen LogP contribution in [0.2, 0.25) is 0 Å². The fourth-order valence-corrected chi connectivity index (χ4v) is 3.81. The van der Waals surface area contributed by atoms with Crippen LogP contribution in [-0.2, 0) is 6.54 Å². The van der Waals surface area contributed by atoms with Crippen molar-refractivity contribution in [1.29, 1.82) is 0 Å². The van der Waals surface area contributed by atoms with E-state index in [0.717, 1.165) is 41.7 Å². The first-order chi connectivity index (χ1) is 11.5. The van der Waals surface area contributed by atoms with Crippen LogP contribution in [0, 0.1) is 10.1 Å². The molecule has 0 aliphatic rings. The lowest BCUT2D eigenvalue weighted by Crippen LogP contribution is -2.28. The summed E-state index contributed by atoms with van der Waals surface area (Å²) in [4.78, 5) is 24.6. The lowest BCUT2D eigenvalue weighted by Gasteiger charge is -2.23. The van der Waals surface area contributed by atoms with Crippen molar-refractivity contribution in [3.63, 3.8) is 0 Å². The molecule has 0 N–H and O–H groups in total. The molecule has 0 atom stereocenters. The normalized spacial score (nSPS) is 11.0. The Bertz CT molecular complexity index is 546.